The van der Waals surface area contributed by atoms with Crippen molar-refractivity contribution in [1.82, 2.24) is 20.2 Å². The minimum absolute atomic E-state index is 0.152. The van der Waals surface area contributed by atoms with Gasteiger partial charge in [0.1, 0.15) is 12.6 Å². The molecule has 1 aromatic heterocycles. The first-order chi connectivity index (χ1) is 11.2. The Morgan fingerprint density at radius 3 is 2.91 bits per heavy atom. The van der Waals surface area contributed by atoms with Gasteiger partial charge in [-0.05, 0) is 5.56 Å². The Hall–Kier alpha value is -2.83. The number of nitrogens with one attached hydrogen (secondary N) is 2. The number of nitrogens with zero attached hydrogens (tertiary/aromatic N) is 2. The summed E-state index contributed by atoms with van der Waals surface area (Å²) >= 11 is 0. The molecule has 2 heterocycles. The van der Waals surface area contributed by atoms with E-state index in [0.717, 1.165) is 17.0 Å². The quantitative estimate of drug-likeness (QED) is 0.835. The maximum atomic E-state index is 12.5. The summed E-state index contributed by atoms with van der Waals surface area (Å²) in [6, 6.07) is 9.15. The van der Waals surface area contributed by atoms with Gasteiger partial charge in [0, 0.05) is 18.7 Å². The van der Waals surface area contributed by atoms with Crippen LogP contribution in [0, 0.1) is 0 Å². The zero-order valence-corrected chi connectivity index (χ0v) is 12.8. The molecule has 0 spiro atoms. The summed E-state index contributed by atoms with van der Waals surface area (Å²) < 4.78 is 4.55. The molecule has 0 saturated carbocycles. The molecule has 0 bridgehead atoms. The van der Waals surface area contributed by atoms with Gasteiger partial charge in [0.2, 0.25) is 0 Å². The first-order valence-corrected chi connectivity index (χ1v) is 7.39. The lowest BCUT2D eigenvalue weighted by molar-refractivity contribution is -0.139. The van der Waals surface area contributed by atoms with Gasteiger partial charge in [-0.2, -0.15) is 0 Å². The number of urea groups is 1. The van der Waals surface area contributed by atoms with Crippen LogP contribution in [-0.4, -0.2) is 47.1 Å². The predicted molar refractivity (Wildman–Crippen MR) is 82.7 cm³/mol. The van der Waals surface area contributed by atoms with Crippen LogP contribution in [0.2, 0.25) is 0 Å². The van der Waals surface area contributed by atoms with Crippen LogP contribution in [0.25, 0.3) is 0 Å². The molecule has 0 saturated heterocycles. The van der Waals surface area contributed by atoms with E-state index in [2.05, 4.69) is 20.0 Å². The molecule has 1 atom stereocenters. The number of aromatic amines is 1. The molecule has 7 heteroatoms. The number of rotatable bonds is 3. The molecule has 0 fully saturated rings. The highest BCUT2D eigenvalue weighted by molar-refractivity contribution is 5.81. The second-order valence-corrected chi connectivity index (χ2v) is 5.26. The molecular weight excluding hydrogens is 296 g/mol. The molecule has 2 aromatic rings. The van der Waals surface area contributed by atoms with Crippen LogP contribution in [0.4, 0.5) is 4.79 Å². The summed E-state index contributed by atoms with van der Waals surface area (Å²) in [5.41, 5.74) is 2.86. The van der Waals surface area contributed by atoms with Gasteiger partial charge in [0.25, 0.3) is 0 Å². The maximum absolute atomic E-state index is 12.5. The van der Waals surface area contributed by atoms with Crippen LogP contribution in [0.1, 0.15) is 23.0 Å². The lowest BCUT2D eigenvalue weighted by Crippen LogP contribution is -2.47. The molecule has 2 N–H and O–H groups in total. The summed E-state index contributed by atoms with van der Waals surface area (Å²) in [5, 5.41) is 2.60. The molecule has 1 aliphatic rings. The maximum Gasteiger partial charge on any atom is 0.325 e. The van der Waals surface area contributed by atoms with Crippen molar-refractivity contribution >= 4 is 12.0 Å². The minimum atomic E-state index is -0.480. The van der Waals surface area contributed by atoms with Gasteiger partial charge < -0.3 is 19.9 Å². The number of ether oxygens (including phenoxy) is 1. The summed E-state index contributed by atoms with van der Waals surface area (Å²) in [5.74, 6) is -0.480. The van der Waals surface area contributed by atoms with Crippen molar-refractivity contribution in [3.63, 3.8) is 0 Å². The number of esters is 1. The average molecular weight is 314 g/mol. The monoisotopic (exact) mass is 314 g/mol. The Labute approximate surface area is 133 Å². The highest BCUT2D eigenvalue weighted by atomic mass is 16.5. The van der Waals surface area contributed by atoms with Gasteiger partial charge >= 0.3 is 12.0 Å². The molecule has 7 nitrogen and oxygen atoms in total. The number of aromatic nitrogens is 2. The number of hydrogen-bond donors (Lipinski definition) is 2. The first kappa shape index (κ1) is 15.1. The molecule has 120 valence electrons. The van der Waals surface area contributed by atoms with Crippen molar-refractivity contribution in [2.75, 3.05) is 20.2 Å². The van der Waals surface area contributed by atoms with Gasteiger partial charge in [-0.15, -0.1) is 0 Å². The van der Waals surface area contributed by atoms with E-state index in [1.807, 2.05) is 30.3 Å². The highest BCUT2D eigenvalue weighted by Crippen LogP contribution is 2.33. The van der Waals surface area contributed by atoms with E-state index in [1.54, 1.807) is 11.2 Å². The van der Waals surface area contributed by atoms with Crippen molar-refractivity contribution in [1.29, 1.82) is 0 Å². The zero-order chi connectivity index (χ0) is 16.2. The van der Waals surface area contributed by atoms with Crippen molar-refractivity contribution in [3.8, 4) is 0 Å². The number of methoxy groups -OCH3 is 1. The van der Waals surface area contributed by atoms with Crippen LogP contribution >= 0.6 is 0 Å². The smallest absolute Gasteiger partial charge is 0.325 e. The number of fused-ring (bicyclic) bond motifs is 1. The van der Waals surface area contributed by atoms with E-state index >= 15 is 0 Å². The fourth-order valence-electron chi connectivity index (χ4n) is 2.79. The van der Waals surface area contributed by atoms with Crippen molar-refractivity contribution in [3.05, 3.63) is 53.6 Å². The Bertz CT molecular complexity index is 698. The van der Waals surface area contributed by atoms with Crippen molar-refractivity contribution in [2.24, 2.45) is 0 Å². The molecule has 0 aliphatic carbocycles. The lowest BCUT2D eigenvalue weighted by Gasteiger charge is -2.35. The molecule has 0 radical (unpaired) electrons. The third kappa shape index (κ3) is 3.03. The van der Waals surface area contributed by atoms with E-state index < -0.39 is 5.97 Å². The fraction of sp³-hybridized carbons (Fsp3) is 0.312. The predicted octanol–water partition coefficient (Wildman–Crippen LogP) is 1.24. The van der Waals surface area contributed by atoms with E-state index in [9.17, 15) is 9.59 Å². The first-order valence-electron chi connectivity index (χ1n) is 7.39. The Morgan fingerprint density at radius 1 is 1.39 bits per heavy atom. The number of carbonyl (C=O) groups is 2. The van der Waals surface area contributed by atoms with Gasteiger partial charge in [-0.25, -0.2) is 9.78 Å². The minimum Gasteiger partial charge on any atom is -0.468 e. The third-order valence-electron chi connectivity index (χ3n) is 3.91. The van der Waals surface area contributed by atoms with Crippen LogP contribution in [0.5, 0.6) is 0 Å². The molecule has 0 unspecified atom stereocenters. The van der Waals surface area contributed by atoms with E-state index in [1.165, 1.54) is 7.11 Å². The fourth-order valence-corrected chi connectivity index (χ4v) is 2.79. The van der Waals surface area contributed by atoms with Crippen molar-refractivity contribution in [2.45, 2.75) is 12.5 Å². The number of amides is 2. The Morgan fingerprint density at radius 2 is 2.17 bits per heavy atom. The molecule has 2 amide bonds. The topological polar surface area (TPSA) is 87.3 Å². The van der Waals surface area contributed by atoms with E-state index in [0.29, 0.717) is 13.0 Å². The van der Waals surface area contributed by atoms with Crippen LogP contribution in [-0.2, 0) is 16.0 Å². The summed E-state index contributed by atoms with van der Waals surface area (Å²) in [6.07, 6.45) is 2.35. The lowest BCUT2D eigenvalue weighted by atomic mass is 9.96. The van der Waals surface area contributed by atoms with Gasteiger partial charge in [0.15, 0.2) is 0 Å². The number of H-pyrrole nitrogens is 1. The summed E-state index contributed by atoms with van der Waals surface area (Å²) in [4.78, 5) is 33.0. The zero-order valence-electron chi connectivity index (χ0n) is 12.8. The standard InChI is InChI=1S/C16H18N4O3/c1-23-13(21)9-17-16(22)20-8-7-12-14(19-10-18-12)15(20)11-5-3-2-4-6-11/h2-6,10,15H,7-9H2,1H3,(H,17,22)(H,18,19)/t15-/m1/s1. The number of imidazole rings is 1. The molecule has 1 aromatic carbocycles. The molecule has 23 heavy (non-hydrogen) atoms. The normalized spacial score (nSPS) is 16.6. The molecular formula is C16H18N4O3. The molecule has 1 aliphatic heterocycles. The highest BCUT2D eigenvalue weighted by Gasteiger charge is 2.34. The van der Waals surface area contributed by atoms with E-state index in [-0.39, 0.29) is 18.6 Å². The van der Waals surface area contributed by atoms with Gasteiger partial charge in [-0.3, -0.25) is 4.79 Å². The van der Waals surface area contributed by atoms with Crippen molar-refractivity contribution < 1.29 is 14.3 Å². The average Bonchev–Trinajstić information content (AvgIpc) is 3.07. The number of carbonyl (C=O) groups excluding carboxylic acids is 2. The number of benzene rings is 1. The van der Waals surface area contributed by atoms with Crippen LogP contribution in [0.3, 0.4) is 0 Å². The van der Waals surface area contributed by atoms with Crippen LogP contribution in [0.15, 0.2) is 36.7 Å². The van der Waals surface area contributed by atoms with E-state index in [4.69, 9.17) is 0 Å². The second-order valence-electron chi connectivity index (χ2n) is 5.26. The second kappa shape index (κ2) is 6.51. The largest absolute Gasteiger partial charge is 0.468 e. The van der Waals surface area contributed by atoms with Gasteiger partial charge in [0.05, 0.1) is 19.1 Å². The number of hydrogen-bond acceptors (Lipinski definition) is 4. The third-order valence-corrected chi connectivity index (χ3v) is 3.91. The SMILES string of the molecule is COC(=O)CNC(=O)N1CCc2[nH]cnc2[C@H]1c1ccccc1. The Balaban J connectivity index is 1.87. The van der Waals surface area contributed by atoms with Crippen LogP contribution < -0.4 is 5.32 Å². The molecule has 3 rings (SSSR count). The summed E-state index contributed by atoms with van der Waals surface area (Å²) in [6.45, 7) is 0.391. The van der Waals surface area contributed by atoms with Gasteiger partial charge in [-0.1, -0.05) is 30.3 Å². The Kier molecular flexibility index (Phi) is 4.27. The summed E-state index contributed by atoms with van der Waals surface area (Å²) in [7, 11) is 1.29.